The number of rotatable bonds is 6. The highest BCUT2D eigenvalue weighted by Crippen LogP contribution is 2.08. The molecule has 0 fully saturated rings. The van der Waals surface area contributed by atoms with Crippen LogP contribution in [0.15, 0.2) is 18.7 Å². The predicted molar refractivity (Wildman–Crippen MR) is 66.7 cm³/mol. The molecule has 0 saturated heterocycles. The van der Waals surface area contributed by atoms with Crippen molar-refractivity contribution in [3.63, 3.8) is 0 Å². The first-order valence-electron chi connectivity index (χ1n) is 5.39. The van der Waals surface area contributed by atoms with Crippen molar-refractivity contribution in [2.75, 3.05) is 24.7 Å². The van der Waals surface area contributed by atoms with Crippen LogP contribution in [0.1, 0.15) is 6.42 Å². The van der Waals surface area contributed by atoms with Crippen molar-refractivity contribution in [3.05, 3.63) is 18.7 Å². The van der Waals surface area contributed by atoms with Crippen molar-refractivity contribution >= 4 is 21.5 Å². The summed E-state index contributed by atoms with van der Waals surface area (Å²) >= 11 is 0. The third-order valence-electron chi connectivity index (χ3n) is 2.23. The van der Waals surface area contributed by atoms with E-state index in [1.165, 1.54) is 0 Å². The molecule has 2 N–H and O–H groups in total. The lowest BCUT2D eigenvalue weighted by Crippen LogP contribution is -2.24. The maximum Gasteiger partial charge on any atom is 0.208 e. The Morgan fingerprint density at radius 2 is 2.22 bits per heavy atom. The monoisotopic (exact) mass is 270 g/mol. The molecule has 2 aromatic heterocycles. The lowest BCUT2D eigenvalue weighted by molar-refractivity contribution is 0.586. The number of fused-ring (bicyclic) bond motifs is 1. The van der Waals surface area contributed by atoms with E-state index in [-0.39, 0.29) is 0 Å². The Bertz CT molecular complexity index is 623. The van der Waals surface area contributed by atoms with E-state index in [1.807, 2.05) is 0 Å². The van der Waals surface area contributed by atoms with Gasteiger partial charge in [-0.1, -0.05) is 0 Å². The highest BCUT2D eigenvalue weighted by molar-refractivity contribution is 7.88. The summed E-state index contributed by atoms with van der Waals surface area (Å²) < 4.78 is 25.9. The summed E-state index contributed by atoms with van der Waals surface area (Å²) in [5.41, 5.74) is 0.647. The molecule has 0 atom stereocenters. The van der Waals surface area contributed by atoms with Gasteiger partial charge in [0.05, 0.1) is 6.26 Å². The molecule has 8 nitrogen and oxygen atoms in total. The van der Waals surface area contributed by atoms with Crippen molar-refractivity contribution in [3.8, 4) is 0 Å². The van der Waals surface area contributed by atoms with Crippen molar-refractivity contribution < 1.29 is 8.42 Å². The van der Waals surface area contributed by atoms with Crippen LogP contribution in [0.4, 0.5) is 5.82 Å². The van der Waals surface area contributed by atoms with Gasteiger partial charge in [0.25, 0.3) is 0 Å². The van der Waals surface area contributed by atoms with E-state index in [1.54, 1.807) is 23.1 Å². The number of nitrogens with one attached hydrogen (secondary N) is 2. The summed E-state index contributed by atoms with van der Waals surface area (Å²) in [6.07, 6.45) is 6.79. The second-order valence-corrected chi connectivity index (χ2v) is 5.62. The molecule has 2 rings (SSSR count). The second kappa shape index (κ2) is 5.27. The van der Waals surface area contributed by atoms with Gasteiger partial charge in [-0.25, -0.2) is 18.1 Å². The largest absolute Gasteiger partial charge is 0.367 e. The zero-order valence-corrected chi connectivity index (χ0v) is 10.7. The van der Waals surface area contributed by atoms with Crippen LogP contribution < -0.4 is 10.0 Å². The lowest BCUT2D eigenvalue weighted by Gasteiger charge is -2.06. The van der Waals surface area contributed by atoms with Gasteiger partial charge in [0, 0.05) is 25.5 Å². The summed E-state index contributed by atoms with van der Waals surface area (Å²) in [4.78, 5) is 4.15. The normalized spacial score (nSPS) is 11.8. The Morgan fingerprint density at radius 1 is 1.39 bits per heavy atom. The number of hydrogen-bond donors (Lipinski definition) is 2. The predicted octanol–water partition coefficient (Wildman–Crippen LogP) is -0.524. The van der Waals surface area contributed by atoms with Crippen LogP contribution in [0, 0.1) is 0 Å². The standard InChI is InChI=1S/C9H14N6O2S/c1-18(16,17)13-4-2-3-10-8-9-14-12-7-15(9)6-5-11-8/h5-7,13H,2-4H2,1H3,(H,10,11). The molecule has 0 aliphatic heterocycles. The quantitative estimate of drug-likeness (QED) is 0.685. The fraction of sp³-hybridized carbons (Fsp3) is 0.444. The first kappa shape index (κ1) is 12.7. The first-order chi connectivity index (χ1) is 8.56. The third kappa shape index (κ3) is 3.37. The van der Waals surface area contributed by atoms with Crippen LogP contribution in [-0.2, 0) is 10.0 Å². The number of nitrogens with zero attached hydrogens (tertiary/aromatic N) is 4. The zero-order chi connectivity index (χ0) is 13.0. The fourth-order valence-corrected chi connectivity index (χ4v) is 1.95. The Labute approximate surface area is 104 Å². The van der Waals surface area contributed by atoms with Crippen LogP contribution in [0.3, 0.4) is 0 Å². The SMILES string of the molecule is CS(=O)(=O)NCCCNc1nccn2cnnc12. The summed E-state index contributed by atoms with van der Waals surface area (Å²) in [6, 6.07) is 0. The third-order valence-corrected chi connectivity index (χ3v) is 2.95. The van der Waals surface area contributed by atoms with E-state index in [9.17, 15) is 8.42 Å². The van der Waals surface area contributed by atoms with Crippen molar-refractivity contribution in [1.29, 1.82) is 0 Å². The minimum atomic E-state index is -3.11. The molecule has 2 aromatic rings. The second-order valence-electron chi connectivity index (χ2n) is 3.78. The molecule has 0 amide bonds. The van der Waals surface area contributed by atoms with Gasteiger partial charge < -0.3 is 5.32 Å². The summed E-state index contributed by atoms with van der Waals surface area (Å²) in [7, 11) is -3.11. The minimum absolute atomic E-state index is 0.391. The van der Waals surface area contributed by atoms with E-state index >= 15 is 0 Å². The van der Waals surface area contributed by atoms with Gasteiger partial charge >= 0.3 is 0 Å². The number of aromatic nitrogens is 4. The molecule has 98 valence electrons. The molecule has 0 saturated carbocycles. The molecule has 0 radical (unpaired) electrons. The highest BCUT2D eigenvalue weighted by Gasteiger charge is 2.04. The zero-order valence-electron chi connectivity index (χ0n) is 9.87. The first-order valence-corrected chi connectivity index (χ1v) is 7.28. The van der Waals surface area contributed by atoms with Crippen molar-refractivity contribution in [2.24, 2.45) is 0 Å². The number of hydrogen-bond acceptors (Lipinski definition) is 6. The highest BCUT2D eigenvalue weighted by atomic mass is 32.2. The lowest BCUT2D eigenvalue weighted by atomic mass is 10.4. The van der Waals surface area contributed by atoms with Gasteiger partial charge in [0.15, 0.2) is 5.82 Å². The van der Waals surface area contributed by atoms with E-state index < -0.39 is 10.0 Å². The molecule has 18 heavy (non-hydrogen) atoms. The van der Waals surface area contributed by atoms with E-state index in [0.717, 1.165) is 6.26 Å². The molecule has 0 unspecified atom stereocenters. The van der Waals surface area contributed by atoms with Gasteiger partial charge in [-0.3, -0.25) is 4.40 Å². The molecule has 0 bridgehead atoms. The maximum absolute atomic E-state index is 10.8. The van der Waals surface area contributed by atoms with E-state index in [0.29, 0.717) is 31.0 Å². The molecule has 0 aromatic carbocycles. The van der Waals surface area contributed by atoms with E-state index in [4.69, 9.17) is 0 Å². The van der Waals surface area contributed by atoms with Crippen LogP contribution >= 0.6 is 0 Å². The van der Waals surface area contributed by atoms with Gasteiger partial charge in [-0.05, 0) is 6.42 Å². The van der Waals surface area contributed by atoms with Crippen LogP contribution in [-0.4, -0.2) is 47.3 Å². The Morgan fingerprint density at radius 3 is 3.00 bits per heavy atom. The molecular weight excluding hydrogens is 256 g/mol. The topological polar surface area (TPSA) is 101 Å². The molecule has 2 heterocycles. The van der Waals surface area contributed by atoms with Crippen molar-refractivity contribution in [2.45, 2.75) is 6.42 Å². The Balaban J connectivity index is 1.85. The van der Waals surface area contributed by atoms with Gasteiger partial charge in [0.1, 0.15) is 6.33 Å². The Kier molecular flexibility index (Phi) is 3.72. The molecule has 0 aliphatic carbocycles. The average Bonchev–Trinajstić information content (AvgIpc) is 2.75. The summed E-state index contributed by atoms with van der Waals surface area (Å²) in [5, 5.41) is 10.8. The number of anilines is 1. The van der Waals surface area contributed by atoms with Crippen LogP contribution in [0.5, 0.6) is 0 Å². The summed E-state index contributed by atoms with van der Waals surface area (Å²) in [5.74, 6) is 0.634. The van der Waals surface area contributed by atoms with Crippen molar-refractivity contribution in [1.82, 2.24) is 24.3 Å². The van der Waals surface area contributed by atoms with Gasteiger partial charge in [0.2, 0.25) is 15.7 Å². The molecular formula is C9H14N6O2S. The minimum Gasteiger partial charge on any atom is -0.367 e. The molecule has 0 aliphatic rings. The van der Waals surface area contributed by atoms with E-state index in [2.05, 4.69) is 25.2 Å². The smallest absolute Gasteiger partial charge is 0.208 e. The Hall–Kier alpha value is -1.74. The van der Waals surface area contributed by atoms with Gasteiger partial charge in [-0.2, -0.15) is 0 Å². The number of sulfonamides is 1. The molecule has 0 spiro atoms. The van der Waals surface area contributed by atoms with Crippen LogP contribution in [0.25, 0.3) is 5.65 Å². The van der Waals surface area contributed by atoms with Gasteiger partial charge in [-0.15, -0.1) is 10.2 Å². The fourth-order valence-electron chi connectivity index (χ4n) is 1.44. The average molecular weight is 270 g/mol. The molecule has 9 heteroatoms. The maximum atomic E-state index is 10.8. The van der Waals surface area contributed by atoms with Crippen LogP contribution in [0.2, 0.25) is 0 Å². The summed E-state index contributed by atoms with van der Waals surface area (Å²) in [6.45, 7) is 0.990.